The molecule has 0 radical (unpaired) electrons. The van der Waals surface area contributed by atoms with Gasteiger partial charge in [-0.05, 0) is 57.9 Å². The second kappa shape index (κ2) is 9.50. The van der Waals surface area contributed by atoms with Crippen molar-refractivity contribution in [3.63, 3.8) is 0 Å². The first-order chi connectivity index (χ1) is 16.1. The third kappa shape index (κ3) is 5.25. The molecule has 34 heavy (non-hydrogen) atoms. The monoisotopic (exact) mass is 480 g/mol. The van der Waals surface area contributed by atoms with E-state index in [1.165, 1.54) is 0 Å². The molecule has 1 aliphatic rings. The van der Waals surface area contributed by atoms with E-state index >= 15 is 0 Å². The van der Waals surface area contributed by atoms with Crippen LogP contribution in [-0.4, -0.2) is 50.8 Å². The van der Waals surface area contributed by atoms with Crippen LogP contribution < -0.4 is 4.72 Å². The Balaban J connectivity index is 1.44. The molecule has 0 atom stereocenters. The normalized spacial score (nSPS) is 14.8. The maximum atomic E-state index is 13.1. The van der Waals surface area contributed by atoms with Crippen LogP contribution in [0.15, 0.2) is 48.8 Å². The lowest BCUT2D eigenvalue weighted by molar-refractivity contribution is -0.161. The van der Waals surface area contributed by atoms with Crippen molar-refractivity contribution in [2.75, 3.05) is 13.1 Å². The SMILES string of the molecule is CC(C)(C)OC(=O)C1CCN(C(=O)c2ccn3cc(-c4ccc(C(=O)NS)cc4)nc3c2)CC1. The van der Waals surface area contributed by atoms with Gasteiger partial charge in [-0.2, -0.15) is 0 Å². The molecule has 2 amide bonds. The van der Waals surface area contributed by atoms with E-state index in [1.54, 1.807) is 29.2 Å². The molecule has 0 saturated carbocycles. The highest BCUT2D eigenvalue weighted by molar-refractivity contribution is 7.78. The molecule has 1 N–H and O–H groups in total. The predicted octanol–water partition coefficient (Wildman–Crippen LogP) is 3.77. The van der Waals surface area contributed by atoms with E-state index in [-0.39, 0.29) is 23.7 Å². The average molecular weight is 481 g/mol. The van der Waals surface area contributed by atoms with Gasteiger partial charge in [-0.25, -0.2) is 4.98 Å². The summed E-state index contributed by atoms with van der Waals surface area (Å²) in [5.74, 6) is -0.712. The lowest BCUT2D eigenvalue weighted by atomic mass is 9.96. The van der Waals surface area contributed by atoms with Gasteiger partial charge in [0.15, 0.2) is 0 Å². The number of hydrogen-bond acceptors (Lipinski definition) is 6. The number of aromatic nitrogens is 2. The van der Waals surface area contributed by atoms with Gasteiger partial charge in [0, 0.05) is 42.2 Å². The van der Waals surface area contributed by atoms with E-state index < -0.39 is 5.60 Å². The van der Waals surface area contributed by atoms with Crippen molar-refractivity contribution in [1.29, 1.82) is 0 Å². The highest BCUT2D eigenvalue weighted by Gasteiger charge is 2.31. The van der Waals surface area contributed by atoms with Crippen LogP contribution in [0.3, 0.4) is 0 Å². The molecule has 1 aromatic carbocycles. The van der Waals surface area contributed by atoms with E-state index in [1.807, 2.05) is 49.7 Å². The molecule has 1 aliphatic heterocycles. The fourth-order valence-corrected chi connectivity index (χ4v) is 4.13. The van der Waals surface area contributed by atoms with E-state index in [9.17, 15) is 14.4 Å². The smallest absolute Gasteiger partial charge is 0.309 e. The number of pyridine rings is 1. The summed E-state index contributed by atoms with van der Waals surface area (Å²) >= 11 is 3.78. The zero-order chi connectivity index (χ0) is 24.5. The maximum Gasteiger partial charge on any atom is 0.309 e. The number of likely N-dealkylation sites (tertiary alicyclic amines) is 1. The molecule has 2 aromatic heterocycles. The van der Waals surface area contributed by atoms with Crippen LogP contribution in [0.5, 0.6) is 0 Å². The number of piperidine rings is 1. The number of nitrogens with zero attached hydrogens (tertiary/aromatic N) is 3. The van der Waals surface area contributed by atoms with Gasteiger partial charge in [-0.15, -0.1) is 0 Å². The van der Waals surface area contributed by atoms with Crippen molar-refractivity contribution < 1.29 is 19.1 Å². The van der Waals surface area contributed by atoms with Crippen LogP contribution in [0.25, 0.3) is 16.9 Å². The summed E-state index contributed by atoms with van der Waals surface area (Å²) < 4.78 is 9.65. The van der Waals surface area contributed by atoms with Crippen molar-refractivity contribution in [3.8, 4) is 11.3 Å². The Hall–Kier alpha value is -3.33. The number of imidazole rings is 1. The minimum absolute atomic E-state index is 0.0724. The fourth-order valence-electron chi connectivity index (χ4n) is 4.00. The summed E-state index contributed by atoms with van der Waals surface area (Å²) in [6, 6.07) is 10.6. The third-order valence-corrected chi connectivity index (χ3v) is 5.98. The standard InChI is InChI=1S/C25H28N4O4S/c1-25(2,3)33-24(32)18-8-11-28(12-9-18)23(31)19-10-13-29-15-20(26-21(29)14-19)16-4-6-17(7-5-16)22(30)27-34/h4-7,10,13-15,18,34H,8-9,11-12H2,1-3H3,(H,27,30). The van der Waals surface area contributed by atoms with Gasteiger partial charge in [0.1, 0.15) is 11.2 Å². The molecule has 0 bridgehead atoms. The third-order valence-electron chi connectivity index (χ3n) is 5.77. The summed E-state index contributed by atoms with van der Waals surface area (Å²) in [4.78, 5) is 43.5. The highest BCUT2D eigenvalue weighted by atomic mass is 32.1. The number of amides is 2. The minimum Gasteiger partial charge on any atom is -0.460 e. The van der Waals surface area contributed by atoms with Crippen LogP contribution in [-0.2, 0) is 9.53 Å². The molecule has 0 spiro atoms. The Morgan fingerprint density at radius 1 is 1.06 bits per heavy atom. The number of fused-ring (bicyclic) bond motifs is 1. The van der Waals surface area contributed by atoms with E-state index in [2.05, 4.69) is 22.5 Å². The van der Waals surface area contributed by atoms with Gasteiger partial charge in [0.2, 0.25) is 0 Å². The van der Waals surface area contributed by atoms with Gasteiger partial charge >= 0.3 is 5.97 Å². The largest absolute Gasteiger partial charge is 0.460 e. The van der Waals surface area contributed by atoms with Gasteiger partial charge < -0.3 is 14.0 Å². The van der Waals surface area contributed by atoms with Crippen molar-refractivity contribution in [2.45, 2.75) is 39.2 Å². The average Bonchev–Trinajstić information content (AvgIpc) is 3.25. The number of thiol groups is 1. The summed E-state index contributed by atoms with van der Waals surface area (Å²) in [5.41, 5.74) is 2.80. The number of hydrogen-bond donors (Lipinski definition) is 2. The number of carbonyl (C=O) groups is 3. The summed E-state index contributed by atoms with van der Waals surface area (Å²) in [7, 11) is 0. The molecule has 1 saturated heterocycles. The Bertz CT molecular complexity index is 1220. The minimum atomic E-state index is -0.508. The highest BCUT2D eigenvalue weighted by Crippen LogP contribution is 2.24. The molecule has 4 rings (SSSR count). The first kappa shape index (κ1) is 23.8. The number of esters is 1. The second-order valence-electron chi connectivity index (χ2n) is 9.43. The van der Waals surface area contributed by atoms with E-state index in [0.29, 0.717) is 42.7 Å². The molecular formula is C25H28N4O4S. The van der Waals surface area contributed by atoms with Crippen molar-refractivity contribution >= 4 is 36.2 Å². The Kier molecular flexibility index (Phi) is 6.65. The molecule has 0 aliphatic carbocycles. The maximum absolute atomic E-state index is 13.1. The second-order valence-corrected chi connectivity index (χ2v) is 9.65. The zero-order valence-electron chi connectivity index (χ0n) is 19.4. The van der Waals surface area contributed by atoms with E-state index in [4.69, 9.17) is 4.74 Å². The fraction of sp³-hybridized carbons (Fsp3) is 0.360. The topological polar surface area (TPSA) is 93.0 Å². The van der Waals surface area contributed by atoms with Gasteiger partial charge in [0.25, 0.3) is 11.8 Å². The van der Waals surface area contributed by atoms with Crippen molar-refractivity contribution in [2.24, 2.45) is 5.92 Å². The Morgan fingerprint density at radius 3 is 2.35 bits per heavy atom. The summed E-state index contributed by atoms with van der Waals surface area (Å²) in [5, 5.41) is 0. The van der Waals surface area contributed by atoms with Gasteiger partial charge in [-0.1, -0.05) is 24.9 Å². The Morgan fingerprint density at radius 2 is 1.74 bits per heavy atom. The predicted molar refractivity (Wildman–Crippen MR) is 132 cm³/mol. The number of carbonyl (C=O) groups excluding carboxylic acids is 3. The first-order valence-corrected chi connectivity index (χ1v) is 11.6. The van der Waals surface area contributed by atoms with Crippen LogP contribution in [0.1, 0.15) is 54.3 Å². The number of ether oxygens (including phenoxy) is 1. The molecular weight excluding hydrogens is 452 g/mol. The number of benzene rings is 1. The lowest BCUT2D eigenvalue weighted by Gasteiger charge is -2.32. The van der Waals surface area contributed by atoms with Crippen LogP contribution in [0, 0.1) is 5.92 Å². The van der Waals surface area contributed by atoms with Crippen LogP contribution in [0.2, 0.25) is 0 Å². The molecule has 3 heterocycles. The molecule has 8 nitrogen and oxygen atoms in total. The quantitative estimate of drug-likeness (QED) is 0.438. The van der Waals surface area contributed by atoms with Crippen molar-refractivity contribution in [3.05, 3.63) is 59.9 Å². The summed E-state index contributed by atoms with van der Waals surface area (Å²) in [6.07, 6.45) is 4.88. The van der Waals surface area contributed by atoms with Crippen LogP contribution >= 0.6 is 12.8 Å². The first-order valence-electron chi connectivity index (χ1n) is 11.2. The number of nitrogens with one attached hydrogen (secondary N) is 1. The summed E-state index contributed by atoms with van der Waals surface area (Å²) in [6.45, 7) is 6.60. The molecule has 9 heteroatoms. The lowest BCUT2D eigenvalue weighted by Crippen LogP contribution is -2.41. The van der Waals surface area contributed by atoms with Gasteiger partial charge in [0.05, 0.1) is 11.6 Å². The molecule has 3 aromatic rings. The molecule has 178 valence electrons. The molecule has 1 fully saturated rings. The van der Waals surface area contributed by atoms with Crippen molar-refractivity contribution in [1.82, 2.24) is 19.0 Å². The zero-order valence-corrected chi connectivity index (χ0v) is 20.3. The van der Waals surface area contributed by atoms with Crippen LogP contribution in [0.4, 0.5) is 0 Å². The number of rotatable bonds is 4. The Labute approximate surface area is 203 Å². The van der Waals surface area contributed by atoms with Gasteiger partial charge in [-0.3, -0.25) is 19.1 Å². The molecule has 0 unspecified atom stereocenters. The van der Waals surface area contributed by atoms with E-state index in [0.717, 1.165) is 11.3 Å².